The Morgan fingerprint density at radius 2 is 2.25 bits per heavy atom. The summed E-state index contributed by atoms with van der Waals surface area (Å²) in [5.41, 5.74) is 0.882. The first-order valence-electron chi connectivity index (χ1n) is 9.12. The molecule has 1 aromatic rings. The van der Waals surface area contributed by atoms with Crippen molar-refractivity contribution in [2.45, 2.75) is 57.6 Å². The molecule has 1 saturated heterocycles. The minimum atomic E-state index is -0.265. The molecule has 0 radical (unpaired) electrons. The van der Waals surface area contributed by atoms with Crippen LogP contribution in [0.4, 0.5) is 4.79 Å². The van der Waals surface area contributed by atoms with Gasteiger partial charge in [0.1, 0.15) is 0 Å². The van der Waals surface area contributed by atoms with E-state index < -0.39 is 0 Å². The molecule has 6 nitrogen and oxygen atoms in total. The summed E-state index contributed by atoms with van der Waals surface area (Å²) >= 11 is 0. The van der Waals surface area contributed by atoms with Gasteiger partial charge in [-0.15, -0.1) is 0 Å². The van der Waals surface area contributed by atoms with Crippen molar-refractivity contribution in [3.8, 4) is 0 Å². The van der Waals surface area contributed by atoms with E-state index in [0.717, 1.165) is 44.3 Å². The second-order valence-corrected chi connectivity index (χ2v) is 7.23. The number of aromatic nitrogens is 2. The molecule has 2 aliphatic rings. The number of likely N-dealkylation sites (tertiary alicyclic amines) is 1. The van der Waals surface area contributed by atoms with Crippen molar-refractivity contribution in [2.75, 3.05) is 13.1 Å². The van der Waals surface area contributed by atoms with Crippen LogP contribution in [0.1, 0.15) is 44.7 Å². The van der Waals surface area contributed by atoms with E-state index in [0.29, 0.717) is 18.9 Å². The first-order valence-corrected chi connectivity index (χ1v) is 9.12. The molecule has 1 aromatic heterocycles. The average molecular weight is 332 g/mol. The number of nitrogens with one attached hydrogen (secondary N) is 1. The number of nitrogens with zero attached hydrogens (tertiary/aromatic N) is 3. The summed E-state index contributed by atoms with van der Waals surface area (Å²) in [7, 11) is 0. The molecule has 4 atom stereocenters. The van der Waals surface area contributed by atoms with E-state index in [-0.39, 0.29) is 24.1 Å². The summed E-state index contributed by atoms with van der Waals surface area (Å²) in [5.74, 6) is 0.863. The molecule has 3 rings (SSSR count). The SMILES string of the molecule is CC1CCC(O)C(C2CCCN2C(=O)NCCc2cnccn2)C1. The lowest BCUT2D eigenvalue weighted by atomic mass is 9.76. The van der Waals surface area contributed by atoms with Gasteiger partial charge in [-0.05, 0) is 38.0 Å². The van der Waals surface area contributed by atoms with Crippen LogP contribution >= 0.6 is 0 Å². The summed E-state index contributed by atoms with van der Waals surface area (Å²) in [6.07, 6.45) is 10.5. The quantitative estimate of drug-likeness (QED) is 0.884. The normalized spacial score (nSPS) is 30.3. The fourth-order valence-corrected chi connectivity index (χ4v) is 4.17. The minimum absolute atomic E-state index is 0.00758. The summed E-state index contributed by atoms with van der Waals surface area (Å²) in [6.45, 7) is 3.60. The maximum atomic E-state index is 12.6. The van der Waals surface area contributed by atoms with Crippen molar-refractivity contribution in [2.24, 2.45) is 11.8 Å². The molecule has 1 aliphatic heterocycles. The van der Waals surface area contributed by atoms with Gasteiger partial charge in [-0.3, -0.25) is 9.97 Å². The van der Waals surface area contributed by atoms with Crippen molar-refractivity contribution >= 4 is 6.03 Å². The third kappa shape index (κ3) is 4.04. The Hall–Kier alpha value is -1.69. The molecule has 1 saturated carbocycles. The van der Waals surface area contributed by atoms with E-state index in [1.54, 1.807) is 18.6 Å². The van der Waals surface area contributed by atoms with Crippen LogP contribution in [0.25, 0.3) is 0 Å². The molecule has 2 heterocycles. The smallest absolute Gasteiger partial charge is 0.317 e. The standard InChI is InChI=1S/C18H28N4O2/c1-13-4-5-17(23)15(11-13)16-3-2-10-22(16)18(24)21-7-6-14-12-19-8-9-20-14/h8-9,12-13,15-17,23H,2-7,10-11H2,1H3,(H,21,24). The zero-order valence-electron chi connectivity index (χ0n) is 14.4. The van der Waals surface area contributed by atoms with Gasteiger partial charge in [-0.2, -0.15) is 0 Å². The highest BCUT2D eigenvalue weighted by atomic mass is 16.3. The summed E-state index contributed by atoms with van der Waals surface area (Å²) < 4.78 is 0. The van der Waals surface area contributed by atoms with E-state index in [9.17, 15) is 9.90 Å². The minimum Gasteiger partial charge on any atom is -0.393 e. The first kappa shape index (κ1) is 17.1. The average Bonchev–Trinajstić information content (AvgIpc) is 3.07. The van der Waals surface area contributed by atoms with Gasteiger partial charge in [0.2, 0.25) is 0 Å². The third-order valence-electron chi connectivity index (χ3n) is 5.45. The second-order valence-electron chi connectivity index (χ2n) is 7.23. The maximum Gasteiger partial charge on any atom is 0.317 e. The van der Waals surface area contributed by atoms with Crippen molar-refractivity contribution in [1.29, 1.82) is 0 Å². The van der Waals surface area contributed by atoms with Crippen LogP contribution in [-0.4, -0.2) is 51.2 Å². The van der Waals surface area contributed by atoms with E-state index in [1.807, 2.05) is 4.90 Å². The largest absolute Gasteiger partial charge is 0.393 e. The zero-order valence-corrected chi connectivity index (χ0v) is 14.4. The lowest BCUT2D eigenvalue weighted by Gasteiger charge is -2.39. The van der Waals surface area contributed by atoms with Crippen LogP contribution in [0.15, 0.2) is 18.6 Å². The Kier molecular flexibility index (Phi) is 5.66. The number of urea groups is 1. The van der Waals surface area contributed by atoms with E-state index in [1.165, 1.54) is 0 Å². The lowest BCUT2D eigenvalue weighted by Crippen LogP contribution is -2.49. The molecular formula is C18H28N4O2. The fraction of sp³-hybridized carbons (Fsp3) is 0.722. The number of aliphatic hydroxyl groups excluding tert-OH is 1. The predicted molar refractivity (Wildman–Crippen MR) is 91.4 cm³/mol. The number of carbonyl (C=O) groups is 1. The highest BCUT2D eigenvalue weighted by Crippen LogP contribution is 2.37. The van der Waals surface area contributed by atoms with Gasteiger partial charge in [0.25, 0.3) is 0 Å². The predicted octanol–water partition coefficient (Wildman–Crippen LogP) is 1.99. The Balaban J connectivity index is 1.53. The summed E-state index contributed by atoms with van der Waals surface area (Å²) in [5, 5.41) is 13.4. The van der Waals surface area contributed by atoms with Crippen molar-refractivity contribution < 1.29 is 9.90 Å². The van der Waals surface area contributed by atoms with Gasteiger partial charge in [0.05, 0.1) is 11.8 Å². The second kappa shape index (κ2) is 7.92. The Morgan fingerprint density at radius 3 is 3.04 bits per heavy atom. The molecule has 2 amide bonds. The zero-order chi connectivity index (χ0) is 16.9. The number of hydrogen-bond acceptors (Lipinski definition) is 4. The van der Waals surface area contributed by atoms with Gasteiger partial charge in [-0.1, -0.05) is 6.92 Å². The van der Waals surface area contributed by atoms with Gasteiger partial charge in [-0.25, -0.2) is 4.79 Å². The molecule has 0 spiro atoms. The fourth-order valence-electron chi connectivity index (χ4n) is 4.17. The topological polar surface area (TPSA) is 78.4 Å². The number of hydrogen-bond donors (Lipinski definition) is 2. The lowest BCUT2D eigenvalue weighted by molar-refractivity contribution is 0.0153. The molecule has 4 unspecified atom stereocenters. The molecule has 24 heavy (non-hydrogen) atoms. The van der Waals surface area contributed by atoms with Crippen LogP contribution in [0, 0.1) is 11.8 Å². The van der Waals surface area contributed by atoms with E-state index >= 15 is 0 Å². The Labute approximate surface area is 143 Å². The Bertz CT molecular complexity index is 539. The van der Waals surface area contributed by atoms with Gasteiger partial charge >= 0.3 is 6.03 Å². The summed E-state index contributed by atoms with van der Waals surface area (Å²) in [6, 6.07) is 0.172. The number of carbonyl (C=O) groups excluding carboxylic acids is 1. The highest BCUT2D eigenvalue weighted by Gasteiger charge is 2.40. The van der Waals surface area contributed by atoms with E-state index in [2.05, 4.69) is 22.2 Å². The third-order valence-corrected chi connectivity index (χ3v) is 5.45. The molecule has 6 heteroatoms. The van der Waals surface area contributed by atoms with Crippen LogP contribution in [-0.2, 0) is 6.42 Å². The van der Waals surface area contributed by atoms with Gasteiger partial charge in [0, 0.05) is 50.1 Å². The van der Waals surface area contributed by atoms with E-state index in [4.69, 9.17) is 0 Å². The van der Waals surface area contributed by atoms with Crippen molar-refractivity contribution in [3.05, 3.63) is 24.3 Å². The van der Waals surface area contributed by atoms with Gasteiger partial charge in [0.15, 0.2) is 0 Å². The molecule has 0 aromatic carbocycles. The van der Waals surface area contributed by atoms with Crippen molar-refractivity contribution in [1.82, 2.24) is 20.2 Å². The molecule has 1 aliphatic carbocycles. The van der Waals surface area contributed by atoms with Crippen LogP contribution < -0.4 is 5.32 Å². The maximum absolute atomic E-state index is 12.6. The molecule has 2 N–H and O–H groups in total. The molecule has 2 fully saturated rings. The van der Waals surface area contributed by atoms with Crippen LogP contribution in [0.2, 0.25) is 0 Å². The summed E-state index contributed by atoms with van der Waals surface area (Å²) in [4.78, 5) is 22.8. The number of aliphatic hydroxyl groups is 1. The van der Waals surface area contributed by atoms with Crippen molar-refractivity contribution in [3.63, 3.8) is 0 Å². The molecular weight excluding hydrogens is 304 g/mol. The van der Waals surface area contributed by atoms with Crippen LogP contribution in [0.3, 0.4) is 0 Å². The first-order chi connectivity index (χ1) is 11.6. The molecule has 0 bridgehead atoms. The van der Waals surface area contributed by atoms with Gasteiger partial charge < -0.3 is 15.3 Å². The van der Waals surface area contributed by atoms with Crippen LogP contribution in [0.5, 0.6) is 0 Å². The monoisotopic (exact) mass is 332 g/mol. The highest BCUT2D eigenvalue weighted by molar-refractivity contribution is 5.74. The molecule has 132 valence electrons. The number of rotatable bonds is 4. The Morgan fingerprint density at radius 1 is 1.38 bits per heavy atom. The number of amides is 2.